The number of amides is 1. The Morgan fingerprint density at radius 3 is 2.37 bits per heavy atom. The van der Waals surface area contributed by atoms with Gasteiger partial charge in [-0.1, -0.05) is 0 Å². The summed E-state index contributed by atoms with van der Waals surface area (Å²) in [6.45, 7) is 1.33. The van der Waals surface area contributed by atoms with Crippen molar-refractivity contribution in [1.29, 1.82) is 0 Å². The van der Waals surface area contributed by atoms with Crippen LogP contribution < -0.4 is 22.5 Å². The SMILES string of the molecule is CC(CO)O[C@@](C)(OC1C(NC(=O)[C@@H](O)CCN)CC=C(OC2OC(CN)C(O)C(O)C2O)C1O)C(O)C(N)CO. The summed E-state index contributed by atoms with van der Waals surface area (Å²) in [5.41, 5.74) is 16.8. The van der Waals surface area contributed by atoms with E-state index < -0.39 is 98.2 Å². The van der Waals surface area contributed by atoms with E-state index in [1.165, 1.54) is 19.9 Å². The van der Waals surface area contributed by atoms with Crippen molar-refractivity contribution in [2.75, 3.05) is 26.3 Å². The molecular weight excluding hydrogens is 552 g/mol. The molecule has 1 aliphatic heterocycles. The third kappa shape index (κ3) is 8.74. The summed E-state index contributed by atoms with van der Waals surface area (Å²) < 4.78 is 22.9. The summed E-state index contributed by atoms with van der Waals surface area (Å²) in [5, 5.41) is 84.6. The zero-order chi connectivity index (χ0) is 31.1. The number of nitrogens with two attached hydrogens (primary N) is 3. The summed E-state index contributed by atoms with van der Waals surface area (Å²) in [5.74, 6) is -3.14. The van der Waals surface area contributed by atoms with E-state index in [9.17, 15) is 45.6 Å². The van der Waals surface area contributed by atoms with Crippen molar-refractivity contribution in [3.63, 3.8) is 0 Å². The molecule has 0 aromatic carbocycles. The molecule has 17 nitrogen and oxygen atoms in total. The monoisotopic (exact) mass is 598 g/mol. The molecule has 0 radical (unpaired) electrons. The number of nitrogens with one attached hydrogen (secondary N) is 1. The number of rotatable bonds is 15. The largest absolute Gasteiger partial charge is 0.464 e. The Balaban J connectivity index is 2.42. The van der Waals surface area contributed by atoms with Crippen molar-refractivity contribution in [3.8, 4) is 0 Å². The van der Waals surface area contributed by atoms with Crippen molar-refractivity contribution in [3.05, 3.63) is 11.8 Å². The topological polar surface area (TPSA) is 306 Å². The molecule has 13 atom stereocenters. The Kier molecular flexibility index (Phi) is 13.7. The highest BCUT2D eigenvalue weighted by molar-refractivity contribution is 5.80. The van der Waals surface area contributed by atoms with E-state index in [0.717, 1.165) is 0 Å². The zero-order valence-corrected chi connectivity index (χ0v) is 23.1. The smallest absolute Gasteiger partial charge is 0.249 e. The lowest BCUT2D eigenvalue weighted by molar-refractivity contribution is -0.327. The van der Waals surface area contributed by atoms with Crippen molar-refractivity contribution < 1.29 is 64.6 Å². The first-order valence-corrected chi connectivity index (χ1v) is 13.4. The normalized spacial score (nSPS) is 35.0. The predicted molar refractivity (Wildman–Crippen MR) is 139 cm³/mol. The molecule has 240 valence electrons. The fourth-order valence-corrected chi connectivity index (χ4v) is 4.56. The van der Waals surface area contributed by atoms with Gasteiger partial charge in [0.15, 0.2) is 5.79 Å². The van der Waals surface area contributed by atoms with Gasteiger partial charge in [-0.05, 0) is 39.3 Å². The van der Waals surface area contributed by atoms with Gasteiger partial charge < -0.3 is 82.3 Å². The Bertz CT molecular complexity index is 854. The van der Waals surface area contributed by atoms with E-state index in [4.69, 9.17) is 36.1 Å². The average molecular weight is 599 g/mol. The molecule has 0 saturated carbocycles. The van der Waals surface area contributed by atoms with Crippen LogP contribution in [0.1, 0.15) is 26.7 Å². The Labute approximate surface area is 237 Å². The molecule has 2 rings (SSSR count). The molecule has 11 unspecified atom stereocenters. The molecule has 0 aromatic heterocycles. The summed E-state index contributed by atoms with van der Waals surface area (Å²) in [6.07, 6.45) is -13.7. The predicted octanol–water partition coefficient (Wildman–Crippen LogP) is -6.21. The van der Waals surface area contributed by atoms with Crippen LogP contribution in [0.4, 0.5) is 0 Å². The highest BCUT2D eigenvalue weighted by Crippen LogP contribution is 2.33. The Hall–Kier alpha value is -1.55. The minimum atomic E-state index is -2.08. The van der Waals surface area contributed by atoms with E-state index in [-0.39, 0.29) is 31.7 Å². The van der Waals surface area contributed by atoms with Crippen molar-refractivity contribution in [2.24, 2.45) is 17.2 Å². The van der Waals surface area contributed by atoms with Gasteiger partial charge in [0.2, 0.25) is 12.2 Å². The molecule has 1 amide bonds. The summed E-state index contributed by atoms with van der Waals surface area (Å²) in [4.78, 5) is 12.6. The van der Waals surface area contributed by atoms with Crippen molar-refractivity contribution in [2.45, 2.75) is 106 Å². The molecule has 0 bridgehead atoms. The molecule has 1 fully saturated rings. The highest BCUT2D eigenvalue weighted by Gasteiger charge is 2.50. The second-order valence-electron chi connectivity index (χ2n) is 10.4. The van der Waals surface area contributed by atoms with Crippen LogP contribution in [0.2, 0.25) is 0 Å². The summed E-state index contributed by atoms with van der Waals surface area (Å²) >= 11 is 0. The lowest BCUT2D eigenvalue weighted by Crippen LogP contribution is -2.63. The number of ether oxygens (including phenoxy) is 4. The van der Waals surface area contributed by atoms with Crippen LogP contribution in [0, 0.1) is 0 Å². The van der Waals surface area contributed by atoms with Crippen LogP contribution >= 0.6 is 0 Å². The van der Waals surface area contributed by atoms with Gasteiger partial charge in [-0.2, -0.15) is 0 Å². The summed E-state index contributed by atoms with van der Waals surface area (Å²) in [6, 6.07) is -2.35. The molecule has 1 saturated heterocycles. The number of carbonyl (C=O) groups excluding carboxylic acids is 1. The van der Waals surface area contributed by atoms with Gasteiger partial charge in [-0.15, -0.1) is 0 Å². The first-order chi connectivity index (χ1) is 19.2. The van der Waals surface area contributed by atoms with Gasteiger partial charge in [-0.25, -0.2) is 0 Å². The maximum Gasteiger partial charge on any atom is 0.249 e. The van der Waals surface area contributed by atoms with Crippen LogP contribution in [-0.2, 0) is 23.7 Å². The molecule has 2 aliphatic rings. The van der Waals surface area contributed by atoms with E-state index >= 15 is 0 Å². The van der Waals surface area contributed by atoms with Gasteiger partial charge >= 0.3 is 0 Å². The summed E-state index contributed by atoms with van der Waals surface area (Å²) in [7, 11) is 0. The van der Waals surface area contributed by atoms with Gasteiger partial charge in [-0.3, -0.25) is 4.79 Å². The lowest BCUT2D eigenvalue weighted by Gasteiger charge is -2.46. The third-order valence-corrected chi connectivity index (χ3v) is 7.01. The molecule has 41 heavy (non-hydrogen) atoms. The fraction of sp³-hybridized carbons (Fsp3) is 0.875. The van der Waals surface area contributed by atoms with Gasteiger partial charge in [0.05, 0.1) is 31.4 Å². The number of carbonyl (C=O) groups is 1. The van der Waals surface area contributed by atoms with Crippen LogP contribution in [0.5, 0.6) is 0 Å². The van der Waals surface area contributed by atoms with Crippen LogP contribution in [0.3, 0.4) is 0 Å². The Morgan fingerprint density at radius 2 is 1.80 bits per heavy atom. The average Bonchev–Trinajstić information content (AvgIpc) is 2.95. The highest BCUT2D eigenvalue weighted by atomic mass is 16.7. The van der Waals surface area contributed by atoms with Crippen LogP contribution in [-0.4, -0.2) is 152 Å². The van der Waals surface area contributed by atoms with E-state index in [1.54, 1.807) is 0 Å². The van der Waals surface area contributed by atoms with Gasteiger partial charge in [0.25, 0.3) is 0 Å². The quantitative estimate of drug-likeness (QED) is 0.0780. The molecule has 17 heteroatoms. The van der Waals surface area contributed by atoms with E-state index in [2.05, 4.69) is 5.32 Å². The molecule has 15 N–H and O–H groups in total. The van der Waals surface area contributed by atoms with E-state index in [1.807, 2.05) is 0 Å². The van der Waals surface area contributed by atoms with Gasteiger partial charge in [0, 0.05) is 6.54 Å². The standard InChI is InChI=1S/C24H46N4O13/c1-10(8-29)40-24(2,21(36)11(27)9-30)41-20-12(28-22(37)13(31)5-6-25)3-4-14(17(20)33)38-23-19(35)18(34)16(32)15(7-26)39-23/h4,10-13,15-21,23,29-36H,3,5-9,25-27H2,1-2H3,(H,28,37)/t10?,11?,12?,13-,15?,16?,17?,18?,19?,20?,21?,23?,24-/m0/s1. The molecule has 1 aliphatic carbocycles. The fourth-order valence-electron chi connectivity index (χ4n) is 4.56. The maximum absolute atomic E-state index is 12.6. The van der Waals surface area contributed by atoms with Gasteiger partial charge in [0.1, 0.15) is 54.6 Å². The second kappa shape index (κ2) is 15.8. The maximum atomic E-state index is 12.6. The Morgan fingerprint density at radius 1 is 1.15 bits per heavy atom. The minimum Gasteiger partial charge on any atom is -0.464 e. The molecular formula is C24H46N4O13. The third-order valence-electron chi connectivity index (χ3n) is 7.01. The minimum absolute atomic E-state index is 0.0178. The lowest BCUT2D eigenvalue weighted by atomic mass is 9.92. The first kappa shape index (κ1) is 35.6. The number of aliphatic hydroxyl groups is 8. The van der Waals surface area contributed by atoms with Crippen molar-refractivity contribution >= 4 is 5.91 Å². The zero-order valence-electron chi connectivity index (χ0n) is 23.1. The molecule has 0 spiro atoms. The van der Waals surface area contributed by atoms with Crippen LogP contribution in [0.25, 0.3) is 0 Å². The molecule has 1 heterocycles. The molecule has 0 aromatic rings. The number of hydrogen-bond acceptors (Lipinski definition) is 16. The van der Waals surface area contributed by atoms with Crippen molar-refractivity contribution in [1.82, 2.24) is 5.32 Å². The number of aliphatic hydroxyl groups excluding tert-OH is 8. The van der Waals surface area contributed by atoms with E-state index in [0.29, 0.717) is 0 Å². The number of hydrogen-bond donors (Lipinski definition) is 12. The van der Waals surface area contributed by atoms with Crippen LogP contribution in [0.15, 0.2) is 11.8 Å². The first-order valence-electron chi connectivity index (χ1n) is 13.4. The second-order valence-corrected chi connectivity index (χ2v) is 10.4.